The van der Waals surface area contributed by atoms with E-state index in [1.807, 2.05) is 7.05 Å². The number of hydrogen-bond donors (Lipinski definition) is 1. The van der Waals surface area contributed by atoms with Gasteiger partial charge in [0.2, 0.25) is 0 Å². The van der Waals surface area contributed by atoms with Gasteiger partial charge in [-0.2, -0.15) is 0 Å². The second-order valence-corrected chi connectivity index (χ2v) is 4.01. The Bertz CT molecular complexity index is 165. The van der Waals surface area contributed by atoms with Crippen molar-refractivity contribution in [3.8, 4) is 0 Å². The van der Waals surface area contributed by atoms with Crippen molar-refractivity contribution in [2.75, 3.05) is 13.6 Å². The van der Waals surface area contributed by atoms with Crippen molar-refractivity contribution in [1.82, 2.24) is 10.2 Å². The SMILES string of the molecule is CNC(=S)N1CCCC1(C)C. The summed E-state index contributed by atoms with van der Waals surface area (Å²) in [5, 5.41) is 3.90. The standard InChI is InChI=1S/C8H16N2S/c1-8(2)5-4-6-10(8)7(11)9-3/h4-6H2,1-3H3,(H,9,11). The van der Waals surface area contributed by atoms with Crippen molar-refractivity contribution in [3.05, 3.63) is 0 Å². The average Bonchev–Trinajstić information content (AvgIpc) is 2.28. The molecular formula is C8H16N2S. The molecule has 0 aromatic rings. The van der Waals surface area contributed by atoms with E-state index in [-0.39, 0.29) is 5.54 Å². The Morgan fingerprint density at radius 3 is 2.55 bits per heavy atom. The van der Waals surface area contributed by atoms with E-state index in [4.69, 9.17) is 12.2 Å². The van der Waals surface area contributed by atoms with Crippen LogP contribution in [0.15, 0.2) is 0 Å². The van der Waals surface area contributed by atoms with Crippen LogP contribution in [0.25, 0.3) is 0 Å². The minimum absolute atomic E-state index is 0.264. The van der Waals surface area contributed by atoms with E-state index >= 15 is 0 Å². The zero-order valence-electron chi connectivity index (χ0n) is 7.48. The summed E-state index contributed by atoms with van der Waals surface area (Å²) < 4.78 is 0. The third-order valence-corrected chi connectivity index (χ3v) is 2.78. The topological polar surface area (TPSA) is 15.3 Å². The van der Waals surface area contributed by atoms with Crippen molar-refractivity contribution >= 4 is 17.3 Å². The predicted molar refractivity (Wildman–Crippen MR) is 51.7 cm³/mol. The predicted octanol–water partition coefficient (Wildman–Crippen LogP) is 1.37. The molecule has 11 heavy (non-hydrogen) atoms. The summed E-state index contributed by atoms with van der Waals surface area (Å²) >= 11 is 5.18. The van der Waals surface area contributed by atoms with Gasteiger partial charge in [-0.05, 0) is 38.9 Å². The molecule has 1 saturated heterocycles. The molecule has 0 radical (unpaired) electrons. The van der Waals surface area contributed by atoms with E-state index in [1.54, 1.807) is 0 Å². The van der Waals surface area contributed by atoms with Gasteiger partial charge in [-0.15, -0.1) is 0 Å². The normalized spacial score (nSPS) is 21.9. The minimum atomic E-state index is 0.264. The van der Waals surface area contributed by atoms with Gasteiger partial charge in [-0.1, -0.05) is 0 Å². The molecule has 1 aliphatic rings. The molecule has 0 unspecified atom stereocenters. The average molecular weight is 172 g/mol. The molecular weight excluding hydrogens is 156 g/mol. The first-order valence-electron chi connectivity index (χ1n) is 4.07. The number of thiocarbonyl (C=S) groups is 1. The molecule has 0 spiro atoms. The maximum atomic E-state index is 5.18. The molecule has 1 fully saturated rings. The molecule has 1 heterocycles. The Morgan fingerprint density at radius 1 is 1.55 bits per heavy atom. The smallest absolute Gasteiger partial charge is 0.169 e. The largest absolute Gasteiger partial charge is 0.366 e. The van der Waals surface area contributed by atoms with Crippen molar-refractivity contribution in [2.24, 2.45) is 0 Å². The Labute approximate surface area is 74.0 Å². The van der Waals surface area contributed by atoms with Crippen molar-refractivity contribution < 1.29 is 0 Å². The van der Waals surface area contributed by atoms with E-state index in [2.05, 4.69) is 24.1 Å². The molecule has 64 valence electrons. The van der Waals surface area contributed by atoms with Gasteiger partial charge in [0, 0.05) is 19.1 Å². The lowest BCUT2D eigenvalue weighted by Gasteiger charge is -2.33. The summed E-state index contributed by atoms with van der Waals surface area (Å²) in [7, 11) is 1.89. The van der Waals surface area contributed by atoms with Gasteiger partial charge >= 0.3 is 0 Å². The monoisotopic (exact) mass is 172 g/mol. The van der Waals surface area contributed by atoms with E-state index in [1.165, 1.54) is 12.8 Å². The fraction of sp³-hybridized carbons (Fsp3) is 0.875. The van der Waals surface area contributed by atoms with Gasteiger partial charge in [-0.25, -0.2) is 0 Å². The highest BCUT2D eigenvalue weighted by atomic mass is 32.1. The van der Waals surface area contributed by atoms with Gasteiger partial charge in [0.25, 0.3) is 0 Å². The van der Waals surface area contributed by atoms with Gasteiger partial charge in [0.05, 0.1) is 0 Å². The molecule has 0 atom stereocenters. The van der Waals surface area contributed by atoms with Crippen LogP contribution in [0.2, 0.25) is 0 Å². The third-order valence-electron chi connectivity index (χ3n) is 2.36. The number of nitrogens with zero attached hydrogens (tertiary/aromatic N) is 1. The second-order valence-electron chi connectivity index (χ2n) is 3.62. The molecule has 1 N–H and O–H groups in total. The molecule has 0 aromatic heterocycles. The third kappa shape index (κ3) is 1.64. The molecule has 1 rings (SSSR count). The van der Waals surface area contributed by atoms with Crippen LogP contribution in [0.3, 0.4) is 0 Å². The lowest BCUT2D eigenvalue weighted by Crippen LogP contribution is -2.46. The lowest BCUT2D eigenvalue weighted by atomic mass is 10.0. The summed E-state index contributed by atoms with van der Waals surface area (Å²) in [5.74, 6) is 0. The summed E-state index contributed by atoms with van der Waals surface area (Å²) in [6.07, 6.45) is 2.50. The van der Waals surface area contributed by atoms with E-state index in [9.17, 15) is 0 Å². The quantitative estimate of drug-likeness (QED) is 0.556. The maximum Gasteiger partial charge on any atom is 0.169 e. The Balaban J connectivity index is 2.64. The highest BCUT2D eigenvalue weighted by Crippen LogP contribution is 2.27. The van der Waals surface area contributed by atoms with Crippen LogP contribution in [-0.4, -0.2) is 29.1 Å². The van der Waals surface area contributed by atoms with Gasteiger partial charge in [0.1, 0.15) is 0 Å². The summed E-state index contributed by atoms with van der Waals surface area (Å²) in [5.41, 5.74) is 0.264. The number of hydrogen-bond acceptors (Lipinski definition) is 1. The Hall–Kier alpha value is -0.310. The van der Waals surface area contributed by atoms with E-state index in [0.29, 0.717) is 0 Å². The Morgan fingerprint density at radius 2 is 2.18 bits per heavy atom. The summed E-state index contributed by atoms with van der Waals surface area (Å²) in [4.78, 5) is 2.27. The molecule has 2 nitrogen and oxygen atoms in total. The first-order chi connectivity index (χ1) is 5.08. The highest BCUT2D eigenvalue weighted by Gasteiger charge is 2.32. The first-order valence-corrected chi connectivity index (χ1v) is 4.48. The molecule has 3 heteroatoms. The molecule has 1 aliphatic heterocycles. The molecule has 0 aromatic carbocycles. The lowest BCUT2D eigenvalue weighted by molar-refractivity contribution is 0.280. The van der Waals surface area contributed by atoms with Gasteiger partial charge < -0.3 is 10.2 Å². The van der Waals surface area contributed by atoms with Gasteiger partial charge in [-0.3, -0.25) is 0 Å². The van der Waals surface area contributed by atoms with Crippen LogP contribution in [0, 0.1) is 0 Å². The Kier molecular flexibility index (Phi) is 2.37. The molecule has 0 aliphatic carbocycles. The number of nitrogens with one attached hydrogen (secondary N) is 1. The number of likely N-dealkylation sites (tertiary alicyclic amines) is 1. The van der Waals surface area contributed by atoms with Crippen LogP contribution < -0.4 is 5.32 Å². The zero-order chi connectivity index (χ0) is 8.48. The van der Waals surface area contributed by atoms with Crippen molar-refractivity contribution in [2.45, 2.75) is 32.2 Å². The van der Waals surface area contributed by atoms with Crippen LogP contribution >= 0.6 is 12.2 Å². The summed E-state index contributed by atoms with van der Waals surface area (Å²) in [6, 6.07) is 0. The van der Waals surface area contributed by atoms with Crippen LogP contribution in [0.1, 0.15) is 26.7 Å². The van der Waals surface area contributed by atoms with Crippen LogP contribution in [-0.2, 0) is 0 Å². The molecule has 0 bridgehead atoms. The van der Waals surface area contributed by atoms with Gasteiger partial charge in [0.15, 0.2) is 5.11 Å². The first kappa shape index (κ1) is 8.78. The highest BCUT2D eigenvalue weighted by molar-refractivity contribution is 7.80. The van der Waals surface area contributed by atoms with Crippen molar-refractivity contribution in [1.29, 1.82) is 0 Å². The minimum Gasteiger partial charge on any atom is -0.366 e. The van der Waals surface area contributed by atoms with Crippen LogP contribution in [0.4, 0.5) is 0 Å². The maximum absolute atomic E-state index is 5.18. The molecule has 0 amide bonds. The fourth-order valence-corrected chi connectivity index (χ4v) is 1.96. The van der Waals surface area contributed by atoms with E-state index in [0.717, 1.165) is 11.7 Å². The fourth-order valence-electron chi connectivity index (χ4n) is 1.62. The zero-order valence-corrected chi connectivity index (χ0v) is 8.29. The second kappa shape index (κ2) is 2.97. The van der Waals surface area contributed by atoms with Crippen LogP contribution in [0.5, 0.6) is 0 Å². The summed E-state index contributed by atoms with van der Waals surface area (Å²) in [6.45, 7) is 5.58. The van der Waals surface area contributed by atoms with E-state index < -0.39 is 0 Å². The van der Waals surface area contributed by atoms with Crippen molar-refractivity contribution in [3.63, 3.8) is 0 Å². The number of rotatable bonds is 0. The molecule has 0 saturated carbocycles.